The predicted molar refractivity (Wildman–Crippen MR) is 112 cm³/mol. The van der Waals surface area contributed by atoms with E-state index in [1.54, 1.807) is 41.8 Å². The Bertz CT molecular complexity index is 1140. The Kier molecular flexibility index (Phi) is 5.65. The molecule has 5 nitrogen and oxygen atoms in total. The molecule has 0 aliphatic heterocycles. The van der Waals surface area contributed by atoms with E-state index in [1.807, 2.05) is 17.5 Å². The van der Waals surface area contributed by atoms with E-state index in [-0.39, 0.29) is 11.7 Å². The van der Waals surface area contributed by atoms with Crippen molar-refractivity contribution in [1.29, 1.82) is 0 Å². The number of nitrogens with zero attached hydrogens (tertiary/aromatic N) is 2. The molecular formula is C19H13F2N3O2S3. The summed E-state index contributed by atoms with van der Waals surface area (Å²) < 4.78 is 29.8. The third-order valence-corrected chi connectivity index (χ3v) is 6.79. The fourth-order valence-corrected chi connectivity index (χ4v) is 5.06. The van der Waals surface area contributed by atoms with Crippen LogP contribution in [0.25, 0.3) is 21.1 Å². The van der Waals surface area contributed by atoms with Gasteiger partial charge in [0.05, 0.1) is 16.3 Å². The van der Waals surface area contributed by atoms with Gasteiger partial charge in [0, 0.05) is 10.9 Å². The highest BCUT2D eigenvalue weighted by molar-refractivity contribution is 7.22. The summed E-state index contributed by atoms with van der Waals surface area (Å²) in [4.78, 5) is 23.0. The quantitative estimate of drug-likeness (QED) is 0.383. The number of ether oxygens (including phenoxy) is 1. The van der Waals surface area contributed by atoms with Gasteiger partial charge in [-0.25, -0.2) is 9.97 Å². The Morgan fingerprint density at radius 1 is 1.14 bits per heavy atom. The molecule has 3 aromatic heterocycles. The van der Waals surface area contributed by atoms with Crippen LogP contribution in [0.15, 0.2) is 47.2 Å². The maximum Gasteiger partial charge on any atom is 0.387 e. The first-order chi connectivity index (χ1) is 14.0. The first kappa shape index (κ1) is 19.6. The fourth-order valence-electron chi connectivity index (χ4n) is 2.60. The van der Waals surface area contributed by atoms with Gasteiger partial charge in [-0.3, -0.25) is 10.1 Å². The van der Waals surface area contributed by atoms with E-state index in [2.05, 4.69) is 20.0 Å². The van der Waals surface area contributed by atoms with E-state index in [1.165, 1.54) is 28.7 Å². The third-order valence-electron chi connectivity index (χ3n) is 3.84. The zero-order valence-electron chi connectivity index (χ0n) is 14.9. The summed E-state index contributed by atoms with van der Waals surface area (Å²) in [5.41, 5.74) is 1.52. The number of aryl methyl sites for hydroxylation is 1. The normalized spacial score (nSPS) is 11.0. The highest BCUT2D eigenvalue weighted by atomic mass is 32.1. The van der Waals surface area contributed by atoms with Crippen LogP contribution in [-0.4, -0.2) is 22.5 Å². The summed E-state index contributed by atoms with van der Waals surface area (Å²) in [5.74, 6) is -0.273. The van der Waals surface area contributed by atoms with Gasteiger partial charge in [-0.1, -0.05) is 18.2 Å². The molecule has 0 saturated heterocycles. The van der Waals surface area contributed by atoms with Gasteiger partial charge in [-0.15, -0.1) is 34.0 Å². The second-order valence-corrected chi connectivity index (χ2v) is 8.58. The van der Waals surface area contributed by atoms with Crippen molar-refractivity contribution >= 4 is 45.0 Å². The Morgan fingerprint density at radius 2 is 1.97 bits per heavy atom. The topological polar surface area (TPSA) is 64.1 Å². The molecule has 148 valence electrons. The second-order valence-electron chi connectivity index (χ2n) is 5.78. The van der Waals surface area contributed by atoms with Gasteiger partial charge in [0.25, 0.3) is 5.91 Å². The van der Waals surface area contributed by atoms with Gasteiger partial charge < -0.3 is 4.74 Å². The molecule has 0 fully saturated rings. The molecule has 0 aliphatic carbocycles. The van der Waals surface area contributed by atoms with Crippen molar-refractivity contribution < 1.29 is 18.3 Å². The van der Waals surface area contributed by atoms with Crippen LogP contribution < -0.4 is 10.1 Å². The molecule has 4 aromatic rings. The first-order valence-corrected chi connectivity index (χ1v) is 10.9. The Morgan fingerprint density at radius 3 is 2.72 bits per heavy atom. The first-order valence-electron chi connectivity index (χ1n) is 8.33. The van der Waals surface area contributed by atoms with Crippen molar-refractivity contribution in [3.8, 4) is 26.9 Å². The summed E-state index contributed by atoms with van der Waals surface area (Å²) in [7, 11) is 0. The number of thiophene rings is 1. The molecule has 0 atom stereocenters. The summed E-state index contributed by atoms with van der Waals surface area (Å²) in [6, 6.07) is 10.3. The van der Waals surface area contributed by atoms with Crippen LogP contribution in [0.2, 0.25) is 0 Å². The number of para-hydroxylation sites is 1. The average molecular weight is 450 g/mol. The van der Waals surface area contributed by atoms with Gasteiger partial charge in [-0.2, -0.15) is 8.78 Å². The number of aromatic nitrogens is 2. The number of nitrogens with one attached hydrogen (secondary N) is 1. The maximum absolute atomic E-state index is 12.7. The Balaban J connectivity index is 1.54. The van der Waals surface area contributed by atoms with Crippen molar-refractivity contribution in [2.75, 3.05) is 5.32 Å². The monoisotopic (exact) mass is 449 g/mol. The van der Waals surface area contributed by atoms with E-state index in [9.17, 15) is 13.6 Å². The fraction of sp³-hybridized carbons (Fsp3) is 0.105. The van der Waals surface area contributed by atoms with Crippen LogP contribution in [0.5, 0.6) is 5.75 Å². The summed E-state index contributed by atoms with van der Waals surface area (Å²) in [5, 5.41) is 7.55. The molecule has 1 N–H and O–H groups in total. The highest BCUT2D eigenvalue weighted by Gasteiger charge is 2.19. The zero-order valence-corrected chi connectivity index (χ0v) is 17.3. The van der Waals surface area contributed by atoms with E-state index >= 15 is 0 Å². The Hall–Kier alpha value is -2.69. The Labute approximate surface area is 176 Å². The third kappa shape index (κ3) is 4.34. The average Bonchev–Trinajstić information content (AvgIpc) is 3.42. The van der Waals surface area contributed by atoms with Crippen molar-refractivity contribution in [2.45, 2.75) is 13.5 Å². The van der Waals surface area contributed by atoms with Crippen molar-refractivity contribution in [1.82, 2.24) is 9.97 Å². The lowest BCUT2D eigenvalue weighted by atomic mass is 10.1. The van der Waals surface area contributed by atoms with E-state index in [0.717, 1.165) is 9.88 Å². The number of rotatable bonds is 6. The van der Waals surface area contributed by atoms with Gasteiger partial charge in [0.1, 0.15) is 15.6 Å². The van der Waals surface area contributed by atoms with Crippen molar-refractivity contribution in [2.24, 2.45) is 0 Å². The van der Waals surface area contributed by atoms with Crippen LogP contribution in [0, 0.1) is 6.92 Å². The maximum atomic E-state index is 12.7. The molecule has 0 bridgehead atoms. The van der Waals surface area contributed by atoms with E-state index in [4.69, 9.17) is 0 Å². The number of halogens is 2. The smallest absolute Gasteiger partial charge is 0.387 e. The number of benzene rings is 1. The number of thiazole rings is 2. The van der Waals surface area contributed by atoms with Crippen LogP contribution in [0.4, 0.5) is 13.9 Å². The SMILES string of the molecule is Cc1nc(-c2cccs2)sc1C(=O)Nc1nc(-c2ccccc2OC(F)F)cs1. The summed E-state index contributed by atoms with van der Waals surface area (Å²) in [6.45, 7) is -1.14. The zero-order chi connectivity index (χ0) is 20.4. The lowest BCUT2D eigenvalue weighted by Gasteiger charge is -2.08. The number of anilines is 1. The molecule has 4 rings (SSSR count). The summed E-state index contributed by atoms with van der Waals surface area (Å²) in [6.07, 6.45) is 0. The number of amides is 1. The van der Waals surface area contributed by atoms with E-state index in [0.29, 0.717) is 27.0 Å². The molecule has 29 heavy (non-hydrogen) atoms. The van der Waals surface area contributed by atoms with Gasteiger partial charge >= 0.3 is 6.61 Å². The molecule has 1 amide bonds. The molecule has 0 unspecified atom stereocenters. The highest BCUT2D eigenvalue weighted by Crippen LogP contribution is 2.34. The molecular weight excluding hydrogens is 436 g/mol. The second kappa shape index (κ2) is 8.36. The van der Waals surface area contributed by atoms with Crippen molar-refractivity contribution in [3.05, 3.63) is 57.7 Å². The molecule has 3 heterocycles. The minimum absolute atomic E-state index is 0.0320. The number of hydrogen-bond donors (Lipinski definition) is 1. The number of alkyl halides is 2. The summed E-state index contributed by atoms with van der Waals surface area (Å²) >= 11 is 4.08. The number of hydrogen-bond acceptors (Lipinski definition) is 7. The molecule has 10 heteroatoms. The van der Waals surface area contributed by atoms with Crippen molar-refractivity contribution in [3.63, 3.8) is 0 Å². The number of carbonyl (C=O) groups is 1. The van der Waals surface area contributed by atoms with Gasteiger partial charge in [0.2, 0.25) is 0 Å². The predicted octanol–water partition coefficient (Wildman–Crippen LogP) is 6.16. The van der Waals surface area contributed by atoms with Crippen LogP contribution in [0.3, 0.4) is 0 Å². The lowest BCUT2D eigenvalue weighted by Crippen LogP contribution is -2.11. The lowest BCUT2D eigenvalue weighted by molar-refractivity contribution is -0.0494. The van der Waals surface area contributed by atoms with Crippen LogP contribution >= 0.6 is 34.0 Å². The van der Waals surface area contributed by atoms with Gasteiger partial charge in [0.15, 0.2) is 5.13 Å². The standard InChI is InChI=1S/C19H13F2N3O2S3/c1-10-15(29-17(22-10)14-7-4-8-27-14)16(25)24-19-23-12(9-28-19)11-5-2-3-6-13(11)26-18(20)21/h2-9,18H,1H3,(H,23,24,25). The van der Waals surface area contributed by atoms with Gasteiger partial charge in [-0.05, 0) is 30.5 Å². The van der Waals surface area contributed by atoms with Crippen LogP contribution in [0.1, 0.15) is 15.4 Å². The molecule has 0 radical (unpaired) electrons. The van der Waals surface area contributed by atoms with E-state index < -0.39 is 6.61 Å². The molecule has 0 saturated carbocycles. The molecule has 0 spiro atoms. The minimum Gasteiger partial charge on any atom is -0.434 e. The largest absolute Gasteiger partial charge is 0.434 e. The minimum atomic E-state index is -2.93. The van der Waals surface area contributed by atoms with Crippen LogP contribution in [-0.2, 0) is 0 Å². The molecule has 0 aliphatic rings. The number of carbonyl (C=O) groups excluding carboxylic acids is 1. The molecule has 1 aromatic carbocycles.